The zero-order valence-electron chi connectivity index (χ0n) is 9.25. The van der Waals surface area contributed by atoms with Gasteiger partial charge in [0.1, 0.15) is 0 Å². The Labute approximate surface area is 82.3 Å². The topological polar surface area (TPSA) is 20.3 Å². The molecule has 0 aromatic rings. The van der Waals surface area contributed by atoms with Crippen molar-refractivity contribution in [2.45, 2.75) is 46.5 Å². The average molecular weight is 185 g/mol. The van der Waals surface area contributed by atoms with Crippen LogP contribution in [0.4, 0.5) is 0 Å². The number of hydrogen-bond acceptors (Lipinski definition) is 1. The lowest BCUT2D eigenvalue weighted by atomic mass is 10.1. The molecule has 0 fully saturated rings. The van der Waals surface area contributed by atoms with Crippen LogP contribution in [0.15, 0.2) is 0 Å². The molecule has 0 unspecified atom stereocenters. The largest absolute Gasteiger partial charge is 0.345 e. The number of amides is 1. The summed E-state index contributed by atoms with van der Waals surface area (Å²) in [5, 5.41) is 0. The van der Waals surface area contributed by atoms with Gasteiger partial charge in [0, 0.05) is 13.1 Å². The van der Waals surface area contributed by atoms with Crippen LogP contribution in [0.3, 0.4) is 0 Å². The van der Waals surface area contributed by atoms with Crippen LogP contribution in [0.1, 0.15) is 46.5 Å². The molecule has 0 spiro atoms. The van der Waals surface area contributed by atoms with E-state index in [0.717, 1.165) is 44.7 Å². The normalized spacial score (nSPS) is 10.5. The van der Waals surface area contributed by atoms with E-state index in [0.29, 0.717) is 0 Å². The van der Waals surface area contributed by atoms with Crippen molar-refractivity contribution in [3.05, 3.63) is 0 Å². The molecule has 0 aliphatic heterocycles. The fraction of sp³-hybridized carbons (Fsp3) is 0.909. The first-order chi connectivity index (χ1) is 6.20. The van der Waals surface area contributed by atoms with Gasteiger partial charge in [0.2, 0.25) is 6.41 Å². The van der Waals surface area contributed by atoms with E-state index in [1.807, 2.05) is 4.90 Å². The third-order valence-corrected chi connectivity index (χ3v) is 2.17. The molecule has 78 valence electrons. The van der Waals surface area contributed by atoms with Gasteiger partial charge in [0.25, 0.3) is 0 Å². The van der Waals surface area contributed by atoms with Crippen LogP contribution in [-0.2, 0) is 4.79 Å². The van der Waals surface area contributed by atoms with Crippen LogP contribution in [0.25, 0.3) is 0 Å². The zero-order chi connectivity index (χ0) is 10.1. The summed E-state index contributed by atoms with van der Waals surface area (Å²) in [6.07, 6.45) is 5.63. The van der Waals surface area contributed by atoms with Gasteiger partial charge in [-0.25, -0.2) is 0 Å². The Morgan fingerprint density at radius 1 is 1.23 bits per heavy atom. The molecule has 0 heterocycles. The molecule has 0 aromatic carbocycles. The van der Waals surface area contributed by atoms with Gasteiger partial charge in [-0.05, 0) is 25.2 Å². The maximum Gasteiger partial charge on any atom is 0.209 e. The molecule has 2 heteroatoms. The summed E-state index contributed by atoms with van der Waals surface area (Å²) in [4.78, 5) is 12.5. The number of carbonyl (C=O) groups excluding carboxylic acids is 1. The van der Waals surface area contributed by atoms with Crippen LogP contribution in [0.2, 0.25) is 0 Å². The third-order valence-electron chi connectivity index (χ3n) is 2.17. The number of carbonyl (C=O) groups is 1. The highest BCUT2D eigenvalue weighted by atomic mass is 16.1. The minimum Gasteiger partial charge on any atom is -0.345 e. The van der Waals surface area contributed by atoms with E-state index >= 15 is 0 Å². The Morgan fingerprint density at radius 3 is 2.31 bits per heavy atom. The maximum atomic E-state index is 10.6. The number of hydrogen-bond donors (Lipinski definition) is 0. The Balaban J connectivity index is 3.42. The predicted octanol–water partition coefficient (Wildman–Crippen LogP) is 2.68. The molecule has 2 nitrogen and oxygen atoms in total. The van der Waals surface area contributed by atoms with Gasteiger partial charge in [-0.1, -0.05) is 27.2 Å². The highest BCUT2D eigenvalue weighted by Gasteiger charge is 2.01. The lowest BCUT2D eigenvalue weighted by molar-refractivity contribution is -0.118. The van der Waals surface area contributed by atoms with Gasteiger partial charge in [0.15, 0.2) is 0 Å². The summed E-state index contributed by atoms with van der Waals surface area (Å²) in [5.74, 6) is 0.750. The van der Waals surface area contributed by atoms with E-state index in [-0.39, 0.29) is 0 Å². The minimum atomic E-state index is 0.750. The van der Waals surface area contributed by atoms with Crippen LogP contribution in [0, 0.1) is 5.92 Å². The van der Waals surface area contributed by atoms with Gasteiger partial charge in [0.05, 0.1) is 0 Å². The Kier molecular flexibility index (Phi) is 7.76. The molecule has 0 N–H and O–H groups in total. The molecule has 1 amide bonds. The van der Waals surface area contributed by atoms with E-state index in [4.69, 9.17) is 0 Å². The molecule has 0 rings (SSSR count). The summed E-state index contributed by atoms with van der Waals surface area (Å²) in [6, 6.07) is 0. The first-order valence-electron chi connectivity index (χ1n) is 5.40. The molecule has 0 aliphatic rings. The van der Waals surface area contributed by atoms with E-state index in [1.165, 1.54) is 6.42 Å². The van der Waals surface area contributed by atoms with E-state index in [9.17, 15) is 4.79 Å². The first kappa shape index (κ1) is 12.5. The van der Waals surface area contributed by atoms with E-state index in [2.05, 4.69) is 20.8 Å². The van der Waals surface area contributed by atoms with Gasteiger partial charge in [-0.3, -0.25) is 4.79 Å². The van der Waals surface area contributed by atoms with Crippen molar-refractivity contribution in [3.8, 4) is 0 Å². The standard InChI is InChI=1S/C11H23NO/c1-4-5-8-12(10-13)9-6-7-11(2)3/h10-11H,4-9H2,1-3H3. The molecule has 13 heavy (non-hydrogen) atoms. The maximum absolute atomic E-state index is 10.6. The quantitative estimate of drug-likeness (QED) is 0.532. The summed E-state index contributed by atoms with van der Waals surface area (Å²) in [5.41, 5.74) is 0. The summed E-state index contributed by atoms with van der Waals surface area (Å²) >= 11 is 0. The van der Waals surface area contributed by atoms with Crippen molar-refractivity contribution in [3.63, 3.8) is 0 Å². The summed E-state index contributed by atoms with van der Waals surface area (Å²) in [7, 11) is 0. The summed E-state index contributed by atoms with van der Waals surface area (Å²) < 4.78 is 0. The molecular formula is C11H23NO. The van der Waals surface area contributed by atoms with Crippen molar-refractivity contribution >= 4 is 6.41 Å². The Hall–Kier alpha value is -0.530. The second-order valence-electron chi connectivity index (χ2n) is 4.03. The molecule has 0 saturated heterocycles. The highest BCUT2D eigenvalue weighted by molar-refractivity contribution is 5.46. The number of nitrogens with zero attached hydrogens (tertiary/aromatic N) is 1. The van der Waals surface area contributed by atoms with Crippen molar-refractivity contribution in [1.82, 2.24) is 4.90 Å². The molecule has 0 saturated carbocycles. The third kappa shape index (κ3) is 7.82. The number of unbranched alkanes of at least 4 members (excludes halogenated alkanes) is 1. The van der Waals surface area contributed by atoms with Crippen LogP contribution in [0.5, 0.6) is 0 Å². The van der Waals surface area contributed by atoms with Gasteiger partial charge in [-0.15, -0.1) is 0 Å². The predicted molar refractivity (Wildman–Crippen MR) is 56.6 cm³/mol. The van der Waals surface area contributed by atoms with Crippen molar-refractivity contribution < 1.29 is 4.79 Å². The first-order valence-corrected chi connectivity index (χ1v) is 5.40. The molecule has 0 aliphatic carbocycles. The SMILES string of the molecule is CCCCN(C=O)CCCC(C)C. The van der Waals surface area contributed by atoms with Crippen LogP contribution in [-0.4, -0.2) is 24.4 Å². The van der Waals surface area contributed by atoms with Gasteiger partial charge in [-0.2, -0.15) is 0 Å². The number of rotatable bonds is 8. The molecule has 0 bridgehead atoms. The second kappa shape index (κ2) is 8.09. The monoisotopic (exact) mass is 185 g/mol. The van der Waals surface area contributed by atoms with Crippen LogP contribution < -0.4 is 0 Å². The van der Waals surface area contributed by atoms with Crippen molar-refractivity contribution in [1.29, 1.82) is 0 Å². The summed E-state index contributed by atoms with van der Waals surface area (Å²) in [6.45, 7) is 8.45. The molecule has 0 atom stereocenters. The fourth-order valence-electron chi connectivity index (χ4n) is 1.28. The van der Waals surface area contributed by atoms with E-state index < -0.39 is 0 Å². The molecule has 0 radical (unpaired) electrons. The molecule has 0 aromatic heterocycles. The lowest BCUT2D eigenvalue weighted by Crippen LogP contribution is -2.24. The van der Waals surface area contributed by atoms with Crippen molar-refractivity contribution in [2.24, 2.45) is 5.92 Å². The highest BCUT2D eigenvalue weighted by Crippen LogP contribution is 2.04. The van der Waals surface area contributed by atoms with Gasteiger partial charge < -0.3 is 4.90 Å². The smallest absolute Gasteiger partial charge is 0.209 e. The fourth-order valence-corrected chi connectivity index (χ4v) is 1.28. The Bertz CT molecular complexity index is 123. The lowest BCUT2D eigenvalue weighted by Gasteiger charge is -2.17. The second-order valence-corrected chi connectivity index (χ2v) is 4.03. The zero-order valence-corrected chi connectivity index (χ0v) is 9.25. The van der Waals surface area contributed by atoms with Crippen LogP contribution >= 0.6 is 0 Å². The molecular weight excluding hydrogens is 162 g/mol. The van der Waals surface area contributed by atoms with E-state index in [1.54, 1.807) is 0 Å². The minimum absolute atomic E-state index is 0.750. The average Bonchev–Trinajstić information content (AvgIpc) is 2.10. The van der Waals surface area contributed by atoms with Crippen molar-refractivity contribution in [2.75, 3.05) is 13.1 Å². The van der Waals surface area contributed by atoms with Gasteiger partial charge >= 0.3 is 0 Å². The Morgan fingerprint density at radius 2 is 1.85 bits per heavy atom.